The molecular formula is C19H21NO3. The molecule has 0 spiro atoms. The normalized spacial score (nSPS) is 10.1. The van der Waals surface area contributed by atoms with E-state index in [0.29, 0.717) is 24.7 Å². The first-order chi connectivity index (χ1) is 11.2. The summed E-state index contributed by atoms with van der Waals surface area (Å²) in [5.41, 5.74) is 1.88. The van der Waals surface area contributed by atoms with Crippen LogP contribution in [0.4, 0.5) is 0 Å². The van der Waals surface area contributed by atoms with Gasteiger partial charge in [0.1, 0.15) is 11.8 Å². The average Bonchev–Trinajstić information content (AvgIpc) is 2.58. The molecule has 0 aliphatic heterocycles. The van der Waals surface area contributed by atoms with Crippen LogP contribution in [0.5, 0.6) is 17.2 Å². The van der Waals surface area contributed by atoms with Gasteiger partial charge in [0.25, 0.3) is 0 Å². The molecule has 0 saturated carbocycles. The van der Waals surface area contributed by atoms with Crippen molar-refractivity contribution in [3.63, 3.8) is 0 Å². The Labute approximate surface area is 136 Å². The molecule has 0 radical (unpaired) electrons. The number of para-hydroxylation sites is 1. The van der Waals surface area contributed by atoms with E-state index in [9.17, 15) is 5.11 Å². The lowest BCUT2D eigenvalue weighted by Gasteiger charge is -2.16. The summed E-state index contributed by atoms with van der Waals surface area (Å²) in [6, 6.07) is 12.6. The highest BCUT2D eigenvalue weighted by Crippen LogP contribution is 2.39. The van der Waals surface area contributed by atoms with Crippen molar-refractivity contribution in [2.75, 3.05) is 13.2 Å². The van der Waals surface area contributed by atoms with Gasteiger partial charge >= 0.3 is 0 Å². The zero-order chi connectivity index (χ0) is 16.7. The van der Waals surface area contributed by atoms with E-state index in [4.69, 9.17) is 14.7 Å². The quantitative estimate of drug-likeness (QED) is 0.817. The van der Waals surface area contributed by atoms with E-state index in [1.54, 1.807) is 18.2 Å². The van der Waals surface area contributed by atoms with Gasteiger partial charge in [0.2, 0.25) is 0 Å². The van der Waals surface area contributed by atoms with Crippen LogP contribution >= 0.6 is 0 Å². The third-order valence-corrected chi connectivity index (χ3v) is 3.32. The van der Waals surface area contributed by atoms with E-state index in [-0.39, 0.29) is 11.3 Å². The van der Waals surface area contributed by atoms with Crippen molar-refractivity contribution in [1.82, 2.24) is 0 Å². The molecule has 2 aromatic rings. The third-order valence-electron chi connectivity index (χ3n) is 3.32. The van der Waals surface area contributed by atoms with E-state index in [1.165, 1.54) is 0 Å². The molecule has 0 amide bonds. The number of nitriles is 1. The smallest absolute Gasteiger partial charge is 0.168 e. The average molecular weight is 311 g/mol. The molecule has 23 heavy (non-hydrogen) atoms. The zero-order valence-electron chi connectivity index (χ0n) is 13.5. The summed E-state index contributed by atoms with van der Waals surface area (Å²) >= 11 is 0. The number of phenols is 1. The van der Waals surface area contributed by atoms with E-state index in [0.717, 1.165) is 24.0 Å². The highest BCUT2D eigenvalue weighted by atomic mass is 16.5. The number of phenolic OH excluding ortho intramolecular Hbond substituents is 1. The summed E-state index contributed by atoms with van der Waals surface area (Å²) < 4.78 is 11.7. The van der Waals surface area contributed by atoms with E-state index >= 15 is 0 Å². The summed E-state index contributed by atoms with van der Waals surface area (Å²) in [6.07, 6.45) is 1.80. The van der Waals surface area contributed by atoms with Crippen LogP contribution in [0.1, 0.15) is 32.3 Å². The lowest BCUT2D eigenvalue weighted by atomic mass is 10.0. The molecule has 0 heterocycles. The van der Waals surface area contributed by atoms with Gasteiger partial charge in [0, 0.05) is 5.56 Å². The van der Waals surface area contributed by atoms with Crippen molar-refractivity contribution in [3.05, 3.63) is 42.0 Å². The second kappa shape index (κ2) is 8.09. The first-order valence-electron chi connectivity index (χ1n) is 7.83. The summed E-state index contributed by atoms with van der Waals surface area (Å²) in [5, 5.41) is 18.9. The molecule has 2 rings (SSSR count). The molecule has 0 aliphatic carbocycles. The molecule has 1 N–H and O–H groups in total. The van der Waals surface area contributed by atoms with Crippen LogP contribution in [-0.2, 0) is 0 Å². The summed E-state index contributed by atoms with van der Waals surface area (Å²) in [7, 11) is 0. The van der Waals surface area contributed by atoms with Crippen LogP contribution in [0.2, 0.25) is 0 Å². The number of hydrogen-bond donors (Lipinski definition) is 1. The molecule has 0 bridgehead atoms. The Kier molecular flexibility index (Phi) is 5.87. The van der Waals surface area contributed by atoms with Crippen molar-refractivity contribution < 1.29 is 14.6 Å². The number of rotatable bonds is 7. The fourth-order valence-corrected chi connectivity index (χ4v) is 2.22. The topological polar surface area (TPSA) is 62.5 Å². The van der Waals surface area contributed by atoms with Gasteiger partial charge in [0.15, 0.2) is 11.5 Å². The summed E-state index contributed by atoms with van der Waals surface area (Å²) in [5.74, 6) is 1.33. The standard InChI is InChI=1S/C19H21NO3/c1-3-10-22-18-7-5-6-16(19(18)23-11-4-2)14-8-9-15(13-20)17(21)12-14/h5-9,12,21H,3-4,10-11H2,1-2H3. The second-order valence-electron chi connectivity index (χ2n) is 5.17. The summed E-state index contributed by atoms with van der Waals surface area (Å²) in [6.45, 7) is 5.30. The molecule has 4 nitrogen and oxygen atoms in total. The van der Waals surface area contributed by atoms with Crippen molar-refractivity contribution in [2.24, 2.45) is 0 Å². The van der Waals surface area contributed by atoms with Crippen LogP contribution in [0, 0.1) is 11.3 Å². The third kappa shape index (κ3) is 3.95. The maximum absolute atomic E-state index is 9.94. The number of aromatic hydroxyl groups is 1. The van der Waals surface area contributed by atoms with Gasteiger partial charge in [-0.2, -0.15) is 5.26 Å². The SMILES string of the molecule is CCCOc1cccc(-c2ccc(C#N)c(O)c2)c1OCCC. The minimum absolute atomic E-state index is 0.0358. The van der Waals surface area contributed by atoms with Crippen LogP contribution in [0.25, 0.3) is 11.1 Å². The second-order valence-corrected chi connectivity index (χ2v) is 5.17. The minimum atomic E-state index is -0.0358. The zero-order valence-corrected chi connectivity index (χ0v) is 13.5. The Morgan fingerprint density at radius 3 is 2.43 bits per heavy atom. The molecule has 0 unspecified atom stereocenters. The molecule has 0 aliphatic rings. The highest BCUT2D eigenvalue weighted by molar-refractivity contribution is 5.75. The Morgan fingerprint density at radius 2 is 1.78 bits per heavy atom. The first-order valence-corrected chi connectivity index (χ1v) is 7.83. The molecule has 2 aromatic carbocycles. The Balaban J connectivity index is 2.47. The first kappa shape index (κ1) is 16.7. The lowest BCUT2D eigenvalue weighted by Crippen LogP contribution is -2.02. The van der Waals surface area contributed by atoms with Crippen LogP contribution in [-0.4, -0.2) is 18.3 Å². The number of hydrogen-bond acceptors (Lipinski definition) is 4. The predicted molar refractivity (Wildman–Crippen MR) is 89.8 cm³/mol. The fraction of sp³-hybridized carbons (Fsp3) is 0.316. The van der Waals surface area contributed by atoms with Gasteiger partial charge in [-0.1, -0.05) is 32.0 Å². The molecule has 0 saturated heterocycles. The van der Waals surface area contributed by atoms with E-state index in [1.807, 2.05) is 31.2 Å². The maximum atomic E-state index is 9.94. The van der Waals surface area contributed by atoms with Crippen LogP contribution in [0.15, 0.2) is 36.4 Å². The number of benzene rings is 2. The molecule has 4 heteroatoms. The van der Waals surface area contributed by atoms with Gasteiger partial charge in [-0.3, -0.25) is 0 Å². The Morgan fingerprint density at radius 1 is 1.04 bits per heavy atom. The van der Waals surface area contributed by atoms with Crippen molar-refractivity contribution in [2.45, 2.75) is 26.7 Å². The molecular weight excluding hydrogens is 290 g/mol. The van der Waals surface area contributed by atoms with E-state index in [2.05, 4.69) is 6.92 Å². The monoisotopic (exact) mass is 311 g/mol. The van der Waals surface area contributed by atoms with Crippen molar-refractivity contribution >= 4 is 0 Å². The van der Waals surface area contributed by atoms with E-state index < -0.39 is 0 Å². The number of nitrogens with zero attached hydrogens (tertiary/aromatic N) is 1. The van der Waals surface area contributed by atoms with Gasteiger partial charge < -0.3 is 14.6 Å². The molecule has 0 atom stereocenters. The summed E-state index contributed by atoms with van der Waals surface area (Å²) in [4.78, 5) is 0. The van der Waals surface area contributed by atoms with Crippen LogP contribution in [0.3, 0.4) is 0 Å². The molecule has 0 fully saturated rings. The van der Waals surface area contributed by atoms with Crippen LogP contribution < -0.4 is 9.47 Å². The molecule has 0 aromatic heterocycles. The highest BCUT2D eigenvalue weighted by Gasteiger charge is 2.14. The predicted octanol–water partition coefficient (Wildman–Crippen LogP) is 4.51. The molecule has 120 valence electrons. The minimum Gasteiger partial charge on any atom is -0.507 e. The van der Waals surface area contributed by atoms with Gasteiger partial charge in [-0.05, 0) is 36.6 Å². The van der Waals surface area contributed by atoms with Gasteiger partial charge in [0.05, 0.1) is 18.8 Å². The van der Waals surface area contributed by atoms with Crippen molar-refractivity contribution in [1.29, 1.82) is 5.26 Å². The number of ether oxygens (including phenoxy) is 2. The lowest BCUT2D eigenvalue weighted by molar-refractivity contribution is 0.269. The van der Waals surface area contributed by atoms with Gasteiger partial charge in [-0.25, -0.2) is 0 Å². The Bertz CT molecular complexity index is 704. The fourth-order valence-electron chi connectivity index (χ4n) is 2.22. The largest absolute Gasteiger partial charge is 0.507 e. The maximum Gasteiger partial charge on any atom is 0.168 e. The Hall–Kier alpha value is -2.67. The van der Waals surface area contributed by atoms with Gasteiger partial charge in [-0.15, -0.1) is 0 Å². The van der Waals surface area contributed by atoms with Crippen molar-refractivity contribution in [3.8, 4) is 34.4 Å².